The number of aliphatic hydroxyl groups excluding tert-OH is 1. The molecule has 34 heavy (non-hydrogen) atoms. The van der Waals surface area contributed by atoms with Gasteiger partial charge >= 0.3 is 0 Å². The number of hydrogen-bond donors (Lipinski definition) is 1. The molecule has 1 radical (unpaired) electrons. The van der Waals surface area contributed by atoms with Gasteiger partial charge in [-0.25, -0.2) is 0 Å². The Labute approximate surface area is 204 Å². The Morgan fingerprint density at radius 1 is 0.971 bits per heavy atom. The van der Waals surface area contributed by atoms with Crippen LogP contribution in [-0.4, -0.2) is 52.3 Å². The molecule has 183 valence electrons. The number of ether oxygens (including phenoxy) is 2. The Bertz CT molecular complexity index is 918. The highest BCUT2D eigenvalue weighted by atomic mass is 28.3. The predicted octanol–water partition coefficient (Wildman–Crippen LogP) is 3.54. The number of aliphatic hydroxyl groups is 1. The molecular weight excluding hydrogens is 446 g/mol. The smallest absolute Gasteiger partial charge is 0.283 e. The number of benzene rings is 2. The molecule has 1 heterocycles. The topological polar surface area (TPSA) is 74.0 Å². The Kier molecular flexibility index (Phi) is 10.0. The molecule has 0 aliphatic rings. The van der Waals surface area contributed by atoms with Gasteiger partial charge < -0.3 is 23.5 Å². The van der Waals surface area contributed by atoms with Crippen LogP contribution in [-0.2, 0) is 20.3 Å². The van der Waals surface area contributed by atoms with Crippen LogP contribution in [0.25, 0.3) is 0 Å². The molecule has 3 aromatic rings. The van der Waals surface area contributed by atoms with E-state index in [1.165, 1.54) is 10.4 Å². The zero-order chi connectivity index (χ0) is 24.4. The number of nitrogens with zero attached hydrogens (tertiary/aromatic N) is 1. The fourth-order valence-corrected chi connectivity index (χ4v) is 5.94. The SMILES string of the molecule is COCCOCC(O)c1cc(CCC(O[Si](c2ccccc2)c2ccccc2)C(C)(C)C)on1. The molecule has 0 aliphatic heterocycles. The van der Waals surface area contributed by atoms with Crippen molar-refractivity contribution < 1.29 is 23.5 Å². The quantitative estimate of drug-likeness (QED) is 0.297. The minimum atomic E-state index is -1.42. The first-order valence-electron chi connectivity index (χ1n) is 11.7. The van der Waals surface area contributed by atoms with E-state index < -0.39 is 15.1 Å². The van der Waals surface area contributed by atoms with Crippen LogP contribution < -0.4 is 10.4 Å². The third kappa shape index (κ3) is 7.89. The van der Waals surface area contributed by atoms with E-state index >= 15 is 0 Å². The predicted molar refractivity (Wildman–Crippen MR) is 135 cm³/mol. The number of aryl methyl sites for hydroxylation is 1. The third-order valence-electron chi connectivity index (χ3n) is 5.58. The lowest BCUT2D eigenvalue weighted by Crippen LogP contribution is -2.49. The van der Waals surface area contributed by atoms with Crippen LogP contribution >= 0.6 is 0 Å². The number of aromatic nitrogens is 1. The third-order valence-corrected chi connectivity index (χ3v) is 7.81. The Balaban J connectivity index is 1.68. The number of rotatable bonds is 13. The number of hydrogen-bond acceptors (Lipinski definition) is 6. The minimum absolute atomic E-state index is 0.0117. The van der Waals surface area contributed by atoms with Crippen molar-refractivity contribution in [2.45, 2.75) is 45.8 Å². The summed E-state index contributed by atoms with van der Waals surface area (Å²) in [5.74, 6) is 0.733. The second-order valence-corrected chi connectivity index (χ2v) is 11.4. The molecule has 6 nitrogen and oxygen atoms in total. The Morgan fingerprint density at radius 2 is 1.59 bits per heavy atom. The minimum Gasteiger partial charge on any atom is -0.404 e. The van der Waals surface area contributed by atoms with Crippen LogP contribution in [0.4, 0.5) is 0 Å². The van der Waals surface area contributed by atoms with E-state index in [1.54, 1.807) is 7.11 Å². The molecular formula is C27H36NO5Si. The molecule has 0 fully saturated rings. The van der Waals surface area contributed by atoms with Crippen molar-refractivity contribution in [3.8, 4) is 0 Å². The molecule has 0 amide bonds. The summed E-state index contributed by atoms with van der Waals surface area (Å²) in [5, 5.41) is 16.8. The summed E-state index contributed by atoms with van der Waals surface area (Å²) in [6.07, 6.45) is 0.643. The average molecular weight is 483 g/mol. The van der Waals surface area contributed by atoms with Gasteiger partial charge in [0.05, 0.1) is 25.9 Å². The molecule has 2 unspecified atom stereocenters. The van der Waals surface area contributed by atoms with Crippen LogP contribution in [0.2, 0.25) is 0 Å². The van der Waals surface area contributed by atoms with E-state index in [0.29, 0.717) is 25.3 Å². The lowest BCUT2D eigenvalue weighted by Gasteiger charge is -2.34. The zero-order valence-electron chi connectivity index (χ0n) is 20.6. The molecule has 1 aromatic heterocycles. The lowest BCUT2D eigenvalue weighted by molar-refractivity contribution is 0.01000. The van der Waals surface area contributed by atoms with Crippen molar-refractivity contribution in [2.24, 2.45) is 5.41 Å². The van der Waals surface area contributed by atoms with Gasteiger partial charge in [0, 0.05) is 19.6 Å². The maximum absolute atomic E-state index is 10.3. The first-order chi connectivity index (χ1) is 16.4. The largest absolute Gasteiger partial charge is 0.404 e. The molecule has 3 rings (SSSR count). The Hall–Kier alpha value is -2.29. The van der Waals surface area contributed by atoms with Crippen LogP contribution in [0.5, 0.6) is 0 Å². The maximum Gasteiger partial charge on any atom is 0.283 e. The van der Waals surface area contributed by atoms with E-state index in [9.17, 15) is 5.11 Å². The summed E-state index contributed by atoms with van der Waals surface area (Å²) >= 11 is 0. The normalized spacial score (nSPS) is 13.8. The summed E-state index contributed by atoms with van der Waals surface area (Å²) in [7, 11) is 0.193. The zero-order valence-corrected chi connectivity index (χ0v) is 21.6. The summed E-state index contributed by atoms with van der Waals surface area (Å²) in [6, 6.07) is 22.8. The molecule has 0 aliphatic carbocycles. The van der Waals surface area contributed by atoms with Gasteiger partial charge in [0.15, 0.2) is 0 Å². The summed E-state index contributed by atoms with van der Waals surface area (Å²) in [5.41, 5.74) is 0.427. The molecule has 0 saturated heterocycles. The van der Waals surface area contributed by atoms with Crippen LogP contribution in [0, 0.1) is 5.41 Å². The molecule has 1 N–H and O–H groups in total. The summed E-state index contributed by atoms with van der Waals surface area (Å²) < 4.78 is 22.8. The van der Waals surface area contributed by atoms with Gasteiger partial charge in [0.25, 0.3) is 9.04 Å². The number of methoxy groups -OCH3 is 1. The van der Waals surface area contributed by atoms with Crippen molar-refractivity contribution in [1.29, 1.82) is 0 Å². The van der Waals surface area contributed by atoms with Crippen LogP contribution in [0.15, 0.2) is 71.3 Å². The summed E-state index contributed by atoms with van der Waals surface area (Å²) in [4.78, 5) is 0. The highest BCUT2D eigenvalue weighted by Gasteiger charge is 2.31. The molecule has 2 atom stereocenters. The van der Waals surface area contributed by atoms with Crippen LogP contribution in [0.3, 0.4) is 0 Å². The maximum atomic E-state index is 10.3. The fraction of sp³-hybridized carbons (Fsp3) is 0.444. The van der Waals surface area contributed by atoms with Crippen molar-refractivity contribution in [3.63, 3.8) is 0 Å². The van der Waals surface area contributed by atoms with Crippen molar-refractivity contribution in [3.05, 3.63) is 78.2 Å². The van der Waals surface area contributed by atoms with Crippen molar-refractivity contribution in [1.82, 2.24) is 5.16 Å². The average Bonchev–Trinajstić information content (AvgIpc) is 3.31. The molecule has 7 heteroatoms. The second kappa shape index (κ2) is 13.0. The van der Waals surface area contributed by atoms with Gasteiger partial charge in [-0.15, -0.1) is 0 Å². The monoisotopic (exact) mass is 482 g/mol. The van der Waals surface area contributed by atoms with Crippen molar-refractivity contribution >= 4 is 19.4 Å². The van der Waals surface area contributed by atoms with Gasteiger partial charge in [0.2, 0.25) is 0 Å². The first-order valence-corrected chi connectivity index (χ1v) is 13.1. The molecule has 0 bridgehead atoms. The van der Waals surface area contributed by atoms with Crippen molar-refractivity contribution in [2.75, 3.05) is 26.9 Å². The van der Waals surface area contributed by atoms with E-state index in [4.69, 9.17) is 18.4 Å². The van der Waals surface area contributed by atoms with Gasteiger partial charge in [-0.1, -0.05) is 86.6 Å². The van der Waals surface area contributed by atoms with E-state index in [1.807, 2.05) is 18.2 Å². The molecule has 0 saturated carbocycles. The standard InChI is InChI=1S/C27H36NO5Si/c1-27(2,3)26(16-15-21-19-24(28-32-21)25(29)20-31-18-17-30-4)33-34(22-11-7-5-8-12-22)23-13-9-6-10-14-23/h5-14,19,25-26,29H,15-18,20H2,1-4H3. The molecule has 2 aromatic carbocycles. The van der Waals surface area contributed by atoms with Crippen LogP contribution in [0.1, 0.15) is 44.8 Å². The van der Waals surface area contributed by atoms with Gasteiger partial charge in [0.1, 0.15) is 17.6 Å². The first kappa shape index (κ1) is 26.3. The molecule has 0 spiro atoms. The van der Waals surface area contributed by atoms with Gasteiger partial charge in [-0.05, 0) is 22.2 Å². The summed E-state index contributed by atoms with van der Waals surface area (Å²) in [6.45, 7) is 7.69. The Morgan fingerprint density at radius 3 is 2.15 bits per heavy atom. The van der Waals surface area contributed by atoms with Gasteiger partial charge in [-0.2, -0.15) is 0 Å². The highest BCUT2D eigenvalue weighted by molar-refractivity contribution is 6.80. The fourth-order valence-electron chi connectivity index (χ4n) is 3.59. The lowest BCUT2D eigenvalue weighted by atomic mass is 9.86. The highest BCUT2D eigenvalue weighted by Crippen LogP contribution is 2.27. The van der Waals surface area contributed by atoms with E-state index in [2.05, 4.69) is 74.5 Å². The van der Waals surface area contributed by atoms with E-state index in [-0.39, 0.29) is 18.1 Å². The van der Waals surface area contributed by atoms with Gasteiger partial charge in [-0.3, -0.25) is 0 Å². The van der Waals surface area contributed by atoms with E-state index in [0.717, 1.165) is 12.2 Å². The second-order valence-electron chi connectivity index (χ2n) is 9.37.